The van der Waals surface area contributed by atoms with Gasteiger partial charge in [-0.05, 0) is 76.7 Å². The standard InChI is InChI=1S/C54H35N3/c1-2-14-36(15-3-1)37-28-30-38(31-29-37)39-32-34-40(35-33-39)55-49-24-11-7-19-45(49)53-50(55)25-13-26-51(53)57-48-23-10-6-18-43(48)44-20-12-27-52(54(44)57)56-46-21-8-4-16-41(46)42-17-5-9-22-47(42)56/h1-35H/i4D,5D,6D,7D,8D,9D,10D,11D,12D,13D,16D,17D,18D,19D,20D,21D,22D,23D,24D,25D,26D,27D. The number of para-hydroxylation sites is 5. The van der Waals surface area contributed by atoms with E-state index in [2.05, 4.69) is 0 Å². The van der Waals surface area contributed by atoms with E-state index in [4.69, 9.17) is 13.7 Å². The summed E-state index contributed by atoms with van der Waals surface area (Å²) in [5.74, 6) is 0. The molecule has 3 heteroatoms. The Morgan fingerprint density at radius 1 is 0.298 bits per heavy atom. The largest absolute Gasteiger partial charge is 0.309 e. The van der Waals surface area contributed by atoms with Gasteiger partial charge in [0.2, 0.25) is 0 Å². The van der Waals surface area contributed by atoms with Crippen LogP contribution in [0.2, 0.25) is 0 Å². The van der Waals surface area contributed by atoms with Crippen LogP contribution in [-0.4, -0.2) is 13.7 Å². The van der Waals surface area contributed by atoms with Crippen molar-refractivity contribution in [2.75, 3.05) is 0 Å². The van der Waals surface area contributed by atoms with Crippen LogP contribution in [0.5, 0.6) is 0 Å². The zero-order valence-corrected chi connectivity index (χ0v) is 29.3. The summed E-state index contributed by atoms with van der Waals surface area (Å²) in [5, 5.41) is -2.56. The summed E-state index contributed by atoms with van der Waals surface area (Å²) in [6.07, 6.45) is 0. The van der Waals surface area contributed by atoms with Crippen molar-refractivity contribution < 1.29 is 30.2 Å². The molecule has 3 heterocycles. The predicted octanol–water partition coefficient (Wildman–Crippen LogP) is 14.3. The van der Waals surface area contributed by atoms with Gasteiger partial charge in [0.05, 0.1) is 74.6 Å². The molecule has 0 aliphatic carbocycles. The van der Waals surface area contributed by atoms with E-state index in [1.165, 1.54) is 4.57 Å². The maximum Gasteiger partial charge on any atom is 0.0782 e. The Balaban J connectivity index is 1.31. The molecule has 0 bridgehead atoms. The second-order valence-electron chi connectivity index (χ2n) is 13.3. The maximum atomic E-state index is 9.89. The van der Waals surface area contributed by atoms with Crippen molar-refractivity contribution in [2.24, 2.45) is 0 Å². The molecule has 266 valence electrons. The van der Waals surface area contributed by atoms with Crippen LogP contribution >= 0.6 is 0 Å². The highest BCUT2D eigenvalue weighted by molar-refractivity contribution is 6.18. The summed E-state index contributed by atoms with van der Waals surface area (Å²) in [6, 6.07) is 6.70. The van der Waals surface area contributed by atoms with Crippen molar-refractivity contribution >= 4 is 65.4 Å². The smallest absolute Gasteiger partial charge is 0.0782 e. The SMILES string of the molecule is [2H]c1c([2H])c([2H])c2c(c1[2H])c1c(-n3c4c([2H])c([2H])c([2H])c([2H])c4c4c([2H])c([2H])c([2H])c(-n5c6c([2H])c([2H])c([2H])c([2H])c6c6c([2H])c([2H])c([2H])c([2H])c65)c43)c([2H])c([2H])c([2H])c1n2-c1ccc(-c2ccc(-c3ccccc3)cc2)cc1. The average Bonchev–Trinajstić information content (AvgIpc) is 4.23. The predicted molar refractivity (Wildman–Crippen MR) is 240 cm³/mol. The van der Waals surface area contributed by atoms with Gasteiger partial charge in [-0.1, -0.05) is 157 Å². The summed E-state index contributed by atoms with van der Waals surface area (Å²) >= 11 is 0. The van der Waals surface area contributed by atoms with E-state index in [0.29, 0.717) is 0 Å². The van der Waals surface area contributed by atoms with Gasteiger partial charge in [0, 0.05) is 38.0 Å². The Hall–Kier alpha value is -7.62. The van der Waals surface area contributed by atoms with Gasteiger partial charge in [-0.25, -0.2) is 0 Å². The van der Waals surface area contributed by atoms with E-state index in [9.17, 15) is 16.4 Å². The second kappa shape index (κ2) is 12.5. The number of hydrogen-bond donors (Lipinski definition) is 0. The van der Waals surface area contributed by atoms with Gasteiger partial charge >= 0.3 is 0 Å². The number of hydrogen-bond acceptors (Lipinski definition) is 0. The molecular weight excluding hydrogens is 691 g/mol. The molecular formula is C54H35N3. The fourth-order valence-corrected chi connectivity index (χ4v) is 7.86. The highest BCUT2D eigenvalue weighted by Crippen LogP contribution is 2.43. The molecule has 9 aromatic carbocycles. The van der Waals surface area contributed by atoms with Gasteiger partial charge in [-0.15, -0.1) is 0 Å². The lowest BCUT2D eigenvalue weighted by atomic mass is 10.0. The number of aromatic nitrogens is 3. The summed E-state index contributed by atoms with van der Waals surface area (Å²) in [5.41, 5.74) is -0.261. The Morgan fingerprint density at radius 2 is 0.719 bits per heavy atom. The molecule has 0 saturated heterocycles. The molecule has 12 rings (SSSR count). The Bertz CT molecular complexity index is 4700. The van der Waals surface area contributed by atoms with Gasteiger partial charge in [0.1, 0.15) is 0 Å². The first-order valence-electron chi connectivity index (χ1n) is 28.8. The quantitative estimate of drug-likeness (QED) is 0.167. The van der Waals surface area contributed by atoms with E-state index in [0.717, 1.165) is 31.4 Å². The summed E-state index contributed by atoms with van der Waals surface area (Å²) in [4.78, 5) is 0. The molecule has 0 aliphatic heterocycles. The van der Waals surface area contributed by atoms with Crippen LogP contribution in [0.3, 0.4) is 0 Å². The van der Waals surface area contributed by atoms with E-state index in [-0.39, 0.29) is 27.5 Å². The molecule has 0 N–H and O–H groups in total. The number of rotatable bonds is 5. The third-order valence-electron chi connectivity index (χ3n) is 10.3. The highest BCUT2D eigenvalue weighted by Gasteiger charge is 2.23. The van der Waals surface area contributed by atoms with Gasteiger partial charge in [-0.2, -0.15) is 0 Å². The first-order valence-corrected chi connectivity index (χ1v) is 17.8. The number of benzene rings is 9. The van der Waals surface area contributed by atoms with Gasteiger partial charge in [0.25, 0.3) is 0 Å². The third-order valence-corrected chi connectivity index (χ3v) is 10.3. The van der Waals surface area contributed by atoms with Crippen molar-refractivity contribution in [1.82, 2.24) is 13.7 Å². The fourth-order valence-electron chi connectivity index (χ4n) is 7.86. The Kier molecular flexibility index (Phi) is 3.72. The van der Waals surface area contributed by atoms with Crippen LogP contribution in [0.25, 0.3) is 105 Å². The van der Waals surface area contributed by atoms with Gasteiger partial charge in [0.15, 0.2) is 0 Å². The summed E-state index contributed by atoms with van der Waals surface area (Å²) in [6.45, 7) is 0. The molecule has 3 nitrogen and oxygen atoms in total. The monoisotopic (exact) mass is 747 g/mol. The molecule has 0 amide bonds. The van der Waals surface area contributed by atoms with Crippen LogP contribution in [0.1, 0.15) is 30.2 Å². The van der Waals surface area contributed by atoms with E-state index >= 15 is 0 Å². The Morgan fingerprint density at radius 3 is 1.33 bits per heavy atom. The van der Waals surface area contributed by atoms with Crippen molar-refractivity contribution in [3.05, 3.63) is 212 Å². The molecule has 3 aromatic heterocycles. The minimum absolute atomic E-state index is 0.213. The molecule has 0 unspecified atom stereocenters. The first-order chi connectivity index (χ1) is 37.5. The molecule has 12 aromatic rings. The average molecular weight is 748 g/mol. The maximum absolute atomic E-state index is 9.89. The third kappa shape index (κ3) is 4.73. The zero-order chi connectivity index (χ0) is 56.6. The minimum Gasteiger partial charge on any atom is -0.309 e. The first kappa shape index (κ1) is 17.0. The summed E-state index contributed by atoms with van der Waals surface area (Å²) < 4.78 is 206. The lowest BCUT2D eigenvalue weighted by Gasteiger charge is -2.15. The molecule has 0 atom stereocenters. The number of fused-ring (bicyclic) bond motifs is 9. The van der Waals surface area contributed by atoms with Crippen molar-refractivity contribution in [1.29, 1.82) is 0 Å². The molecule has 57 heavy (non-hydrogen) atoms. The molecule has 0 aliphatic rings. The molecule has 0 fully saturated rings. The summed E-state index contributed by atoms with van der Waals surface area (Å²) in [7, 11) is 0. The number of nitrogens with zero attached hydrogens (tertiary/aromatic N) is 3. The van der Waals surface area contributed by atoms with Crippen LogP contribution in [0, 0.1) is 0 Å². The minimum atomic E-state index is -0.930. The zero-order valence-electron chi connectivity index (χ0n) is 51.3. The van der Waals surface area contributed by atoms with Crippen LogP contribution < -0.4 is 0 Å². The Labute approximate surface area is 360 Å². The lowest BCUT2D eigenvalue weighted by Crippen LogP contribution is -2.01. The van der Waals surface area contributed by atoms with E-state index in [1.807, 2.05) is 54.6 Å². The molecule has 0 spiro atoms. The van der Waals surface area contributed by atoms with Crippen LogP contribution in [-0.2, 0) is 0 Å². The van der Waals surface area contributed by atoms with Crippen molar-refractivity contribution in [3.63, 3.8) is 0 Å². The van der Waals surface area contributed by atoms with Crippen molar-refractivity contribution in [3.8, 4) is 39.3 Å². The van der Waals surface area contributed by atoms with E-state index < -0.39 is 188 Å². The topological polar surface area (TPSA) is 14.8 Å². The van der Waals surface area contributed by atoms with Gasteiger partial charge < -0.3 is 13.7 Å². The van der Waals surface area contributed by atoms with Gasteiger partial charge in [-0.3, -0.25) is 0 Å². The molecule has 0 saturated carbocycles. The highest BCUT2D eigenvalue weighted by atomic mass is 15.1. The van der Waals surface area contributed by atoms with E-state index in [1.54, 1.807) is 24.3 Å². The fraction of sp³-hybridized carbons (Fsp3) is 0. The van der Waals surface area contributed by atoms with Crippen LogP contribution in [0.15, 0.2) is 212 Å². The van der Waals surface area contributed by atoms with Crippen LogP contribution in [0.4, 0.5) is 0 Å². The lowest BCUT2D eigenvalue weighted by molar-refractivity contribution is 1.14. The van der Waals surface area contributed by atoms with Crippen molar-refractivity contribution in [2.45, 2.75) is 0 Å². The molecule has 0 radical (unpaired) electrons. The second-order valence-corrected chi connectivity index (χ2v) is 13.3. The normalized spacial score (nSPS) is 17.3.